The maximum absolute atomic E-state index is 2.62. The molecular weight excluding hydrogens is 352 g/mol. The minimum Gasteiger partial charge on any atom is -0.999 e. The third-order valence-electron chi connectivity index (χ3n) is 2.57. The Morgan fingerprint density at radius 3 is 1.23 bits per heavy atom. The molecule has 0 saturated heterocycles. The number of hydrogen-bond acceptors (Lipinski definition) is 0. The van der Waals surface area contributed by atoms with Crippen LogP contribution in [0, 0.1) is 24.3 Å². The molecule has 2 heteroatoms. The van der Waals surface area contributed by atoms with Gasteiger partial charge in [0.1, 0.15) is 0 Å². The van der Waals surface area contributed by atoms with Crippen molar-refractivity contribution in [3.63, 3.8) is 0 Å². The molecule has 0 N–H and O–H groups in total. The summed E-state index contributed by atoms with van der Waals surface area (Å²) in [6.07, 6.45) is 0. The smallest absolute Gasteiger partial charge is 0 e. The van der Waals surface area contributed by atoms with Crippen molar-refractivity contribution in [3.8, 4) is 11.1 Å². The normalized spacial score (nSPS) is 8.18. The van der Waals surface area contributed by atoms with E-state index < -0.39 is 0 Å². The summed E-state index contributed by atoms with van der Waals surface area (Å²) in [7, 11) is 0. The molecule has 0 aliphatic carbocycles. The van der Waals surface area contributed by atoms with Gasteiger partial charge >= 0.3 is 0 Å². The first kappa shape index (κ1) is 20.4. The van der Waals surface area contributed by atoms with Crippen molar-refractivity contribution in [2.45, 2.75) is 0 Å². The fourth-order valence-corrected chi connectivity index (χ4v) is 1.63. The van der Waals surface area contributed by atoms with Gasteiger partial charge in [-0.3, -0.25) is 0 Å². The maximum atomic E-state index is 2.62. The Labute approximate surface area is 154 Å². The summed E-state index contributed by atoms with van der Waals surface area (Å²) in [5, 5.41) is 0. The van der Waals surface area contributed by atoms with Gasteiger partial charge < -0.3 is 30.3 Å². The summed E-state index contributed by atoms with van der Waals surface area (Å²) in [6, 6.07) is 38.7. The molecule has 118 valence electrons. The Morgan fingerprint density at radius 2 is 1.00 bits per heavy atom. The van der Waals surface area contributed by atoms with Gasteiger partial charge in [-0.1, -0.05) is 0 Å². The van der Waals surface area contributed by atoms with Gasteiger partial charge in [0.25, 0.3) is 0 Å². The fourth-order valence-electron chi connectivity index (χ4n) is 1.63. The molecule has 0 spiro atoms. The van der Waals surface area contributed by atoms with Crippen LogP contribution in [0.5, 0.6) is 0 Å². The van der Waals surface area contributed by atoms with Gasteiger partial charge in [-0.2, -0.15) is 77.9 Å². The largest absolute Gasteiger partial charge is 0.999 e. The molecule has 0 amide bonds. The molecule has 22 heavy (non-hydrogen) atoms. The van der Waals surface area contributed by atoms with E-state index in [1.807, 2.05) is 30.3 Å². The maximum Gasteiger partial charge on any atom is 0 e. The van der Waals surface area contributed by atoms with Crippen LogP contribution in [-0.2, 0) is 34.1 Å². The topological polar surface area (TPSA) is 0 Å². The van der Waals surface area contributed by atoms with Gasteiger partial charge in [0.2, 0.25) is 0 Å². The van der Waals surface area contributed by atoms with Crippen LogP contribution in [0.2, 0.25) is 0 Å². The summed E-state index contributed by atoms with van der Waals surface area (Å²) in [4.78, 5) is 0. The molecule has 0 bridgehead atoms. The summed E-state index contributed by atoms with van der Waals surface area (Å²) in [6.45, 7) is 0. The molecule has 0 aliphatic heterocycles. The second-order valence-corrected chi connectivity index (χ2v) is 3.99. The molecule has 0 atom stereocenters. The molecule has 4 aromatic carbocycles. The second-order valence-electron chi connectivity index (χ2n) is 3.99. The quantitative estimate of drug-likeness (QED) is 0.336. The first-order chi connectivity index (χ1) is 9.97. The Balaban J connectivity index is 0.000000316. The predicted octanol–water partition coefficient (Wildman–Crippen LogP) is 4.80. The molecule has 0 unspecified atom stereocenters. The van der Waals surface area contributed by atoms with Crippen molar-refractivity contribution in [3.05, 3.63) is 109 Å². The van der Waals surface area contributed by atoms with Gasteiger partial charge in [-0.25, -0.2) is 12.1 Å². The van der Waals surface area contributed by atoms with E-state index in [1.54, 1.807) is 6.07 Å². The fraction of sp³-hybridized carbons (Fsp3) is 0. The number of rotatable bonds is 1. The van der Waals surface area contributed by atoms with E-state index in [2.05, 4.69) is 72.8 Å². The van der Waals surface area contributed by atoms with E-state index >= 15 is 0 Å². The van der Waals surface area contributed by atoms with Crippen molar-refractivity contribution >= 4 is 0 Å². The van der Waals surface area contributed by atoms with Gasteiger partial charge in [-0.05, 0) is 0 Å². The van der Waals surface area contributed by atoms with Crippen LogP contribution in [0.25, 0.3) is 11.1 Å². The zero-order valence-corrected chi connectivity index (χ0v) is 14.0. The minimum atomic E-state index is 0. The van der Waals surface area contributed by atoms with Gasteiger partial charge in [0.05, 0.1) is 0 Å². The number of hydrogen-bond donors (Lipinski definition) is 0. The Hall–Kier alpha value is -1.56. The van der Waals surface area contributed by atoms with E-state index in [0.717, 1.165) is 0 Å². The van der Waals surface area contributed by atoms with Crippen LogP contribution in [0.1, 0.15) is 0 Å². The molecule has 0 heterocycles. The van der Waals surface area contributed by atoms with Crippen molar-refractivity contribution in [2.75, 3.05) is 0 Å². The molecule has 0 aliphatic rings. The van der Waals surface area contributed by atoms with E-state index in [-0.39, 0.29) is 34.1 Å². The summed E-state index contributed by atoms with van der Waals surface area (Å²) >= 11 is 0. The van der Waals surface area contributed by atoms with Crippen molar-refractivity contribution in [1.82, 2.24) is 0 Å². The van der Waals surface area contributed by atoms with E-state index in [4.69, 9.17) is 0 Å². The van der Waals surface area contributed by atoms with Crippen molar-refractivity contribution < 1.29 is 34.1 Å². The molecule has 4 rings (SSSR count). The average Bonchev–Trinajstić information content (AvgIpc) is 3.35. The van der Waals surface area contributed by atoms with Gasteiger partial charge in [0.15, 0.2) is 0 Å². The second kappa shape index (κ2) is 13.1. The Bertz CT molecular complexity index is 505. The van der Waals surface area contributed by atoms with Crippen LogP contribution in [0.4, 0.5) is 0 Å². The average molecular weight is 366 g/mol. The van der Waals surface area contributed by atoms with Crippen LogP contribution in [0.15, 0.2) is 84.9 Å². The molecule has 0 radical (unpaired) electrons. The van der Waals surface area contributed by atoms with Crippen LogP contribution in [-0.4, -0.2) is 0 Å². The Morgan fingerprint density at radius 1 is 0.591 bits per heavy atom. The standard InChI is InChI=1S/C10H8.C5H5.C5H.2Fe/c1-2-6-9(5-1)10-7-3-4-8-10;2*1-2-4-5-3-1;;/h1-8H;1-5H;1H;;/q-2;-1;-5;;. The SMILES string of the molecule is [Fe].[Fe].[c-]1[c-][c-][cH-][c-]1.c1cc[c-](-[c-]2cccc2)c1.c1cc[cH-]c1. The summed E-state index contributed by atoms with van der Waals surface area (Å²) < 4.78 is 0. The molecule has 4 aromatic rings. The van der Waals surface area contributed by atoms with E-state index in [9.17, 15) is 0 Å². The Kier molecular flexibility index (Phi) is 12.2. The van der Waals surface area contributed by atoms with Crippen LogP contribution < -0.4 is 0 Å². The minimum absolute atomic E-state index is 0. The first-order valence-corrected chi connectivity index (χ1v) is 6.40. The zero-order valence-electron chi connectivity index (χ0n) is 11.8. The molecule has 0 saturated carbocycles. The van der Waals surface area contributed by atoms with Crippen LogP contribution >= 0.6 is 0 Å². The van der Waals surface area contributed by atoms with Gasteiger partial charge in [-0.15, -0.1) is 0 Å². The summed E-state index contributed by atoms with van der Waals surface area (Å²) in [5.74, 6) is 0. The van der Waals surface area contributed by atoms with Crippen LogP contribution in [0.3, 0.4) is 0 Å². The van der Waals surface area contributed by atoms with Gasteiger partial charge in [0, 0.05) is 34.1 Å². The molecule has 0 fully saturated rings. The predicted molar refractivity (Wildman–Crippen MR) is 82.5 cm³/mol. The van der Waals surface area contributed by atoms with Crippen molar-refractivity contribution in [1.29, 1.82) is 0 Å². The van der Waals surface area contributed by atoms with E-state index in [0.29, 0.717) is 0 Å². The third-order valence-corrected chi connectivity index (χ3v) is 2.57. The first-order valence-electron chi connectivity index (χ1n) is 6.40. The molecule has 0 nitrogen and oxygen atoms in total. The monoisotopic (exact) mass is 366 g/mol. The van der Waals surface area contributed by atoms with E-state index in [1.165, 1.54) is 11.1 Å². The molecule has 0 aromatic heterocycles. The molecular formula is C20H14Fe2-8. The zero-order chi connectivity index (χ0) is 13.9. The van der Waals surface area contributed by atoms with Crippen molar-refractivity contribution in [2.24, 2.45) is 0 Å². The summed E-state index contributed by atoms with van der Waals surface area (Å²) in [5.41, 5.74) is 2.62. The third kappa shape index (κ3) is 8.02.